The Morgan fingerprint density at radius 2 is 2.25 bits per heavy atom. The molecule has 1 aromatic rings. The minimum atomic E-state index is 0.337. The van der Waals surface area contributed by atoms with Crippen molar-refractivity contribution in [1.82, 2.24) is 5.32 Å². The summed E-state index contributed by atoms with van der Waals surface area (Å²) < 4.78 is 5.04. The molecule has 0 amide bonds. The molecule has 16 heavy (non-hydrogen) atoms. The Labute approximate surface area is 97.4 Å². The van der Waals surface area contributed by atoms with Crippen molar-refractivity contribution in [2.75, 3.05) is 20.8 Å². The van der Waals surface area contributed by atoms with Crippen molar-refractivity contribution in [1.29, 1.82) is 0 Å². The Bertz CT molecular complexity index is 302. The Hall–Kier alpha value is -1.06. The zero-order valence-corrected chi connectivity index (χ0v) is 10.1. The van der Waals surface area contributed by atoms with E-state index in [2.05, 4.69) is 5.32 Å². The lowest BCUT2D eigenvalue weighted by Crippen LogP contribution is -2.27. The van der Waals surface area contributed by atoms with E-state index in [9.17, 15) is 5.11 Å². The molecule has 1 unspecified atom stereocenters. The second-order valence-corrected chi connectivity index (χ2v) is 3.99. The molecule has 3 nitrogen and oxygen atoms in total. The average molecular weight is 223 g/mol. The maximum Gasteiger partial charge on any atom is 0.115 e. The van der Waals surface area contributed by atoms with Crippen LogP contribution in [0.15, 0.2) is 24.3 Å². The molecule has 0 aliphatic heterocycles. The maximum absolute atomic E-state index is 9.37. The fraction of sp³-hybridized carbons (Fsp3) is 0.538. The fourth-order valence-electron chi connectivity index (χ4n) is 1.79. The van der Waals surface area contributed by atoms with Crippen LogP contribution in [0.5, 0.6) is 5.75 Å². The van der Waals surface area contributed by atoms with Crippen molar-refractivity contribution >= 4 is 0 Å². The van der Waals surface area contributed by atoms with Crippen molar-refractivity contribution in [3.8, 4) is 5.75 Å². The smallest absolute Gasteiger partial charge is 0.115 e. The number of benzene rings is 1. The molecule has 0 heterocycles. The molecule has 2 N–H and O–H groups in total. The normalized spacial score (nSPS) is 12.6. The molecule has 1 rings (SSSR count). The van der Waals surface area contributed by atoms with Gasteiger partial charge in [-0.15, -0.1) is 0 Å². The Balaban J connectivity index is 2.43. The SMILES string of the molecule is CNC(CCCOC)Cc1cccc(O)c1. The predicted octanol–water partition coefficient (Wildman–Crippen LogP) is 1.95. The van der Waals surface area contributed by atoms with E-state index >= 15 is 0 Å². The number of phenols is 1. The average Bonchev–Trinajstić information content (AvgIpc) is 2.28. The largest absolute Gasteiger partial charge is 0.508 e. The number of aromatic hydroxyl groups is 1. The Kier molecular flexibility index (Phi) is 5.90. The van der Waals surface area contributed by atoms with Gasteiger partial charge in [0.1, 0.15) is 5.75 Å². The lowest BCUT2D eigenvalue weighted by Gasteiger charge is -2.16. The van der Waals surface area contributed by atoms with Crippen LogP contribution in [0.4, 0.5) is 0 Å². The van der Waals surface area contributed by atoms with Crippen molar-refractivity contribution in [2.45, 2.75) is 25.3 Å². The van der Waals surface area contributed by atoms with E-state index in [1.54, 1.807) is 13.2 Å². The highest BCUT2D eigenvalue weighted by Crippen LogP contribution is 2.14. The number of nitrogens with one attached hydrogen (secondary N) is 1. The van der Waals surface area contributed by atoms with Crippen LogP contribution < -0.4 is 5.32 Å². The van der Waals surface area contributed by atoms with E-state index in [4.69, 9.17) is 4.74 Å². The first-order valence-electron chi connectivity index (χ1n) is 5.70. The summed E-state index contributed by atoms with van der Waals surface area (Å²) in [5, 5.41) is 12.7. The van der Waals surface area contributed by atoms with Gasteiger partial charge in [0.15, 0.2) is 0 Å². The summed E-state index contributed by atoms with van der Waals surface area (Å²) >= 11 is 0. The minimum absolute atomic E-state index is 0.337. The molecule has 90 valence electrons. The first-order valence-corrected chi connectivity index (χ1v) is 5.70. The molecule has 0 spiro atoms. The van der Waals surface area contributed by atoms with Crippen molar-refractivity contribution in [3.05, 3.63) is 29.8 Å². The quantitative estimate of drug-likeness (QED) is 0.694. The number of methoxy groups -OCH3 is 1. The van der Waals surface area contributed by atoms with Gasteiger partial charge in [-0.3, -0.25) is 0 Å². The third kappa shape index (κ3) is 4.64. The van der Waals surface area contributed by atoms with Gasteiger partial charge in [-0.1, -0.05) is 12.1 Å². The molecule has 0 radical (unpaired) electrons. The third-order valence-corrected chi connectivity index (χ3v) is 2.70. The van der Waals surface area contributed by atoms with Crippen LogP contribution >= 0.6 is 0 Å². The highest BCUT2D eigenvalue weighted by Gasteiger charge is 2.07. The number of ether oxygens (including phenoxy) is 1. The standard InChI is InChI=1S/C13H21NO2/c1-14-12(6-4-8-16-2)9-11-5-3-7-13(15)10-11/h3,5,7,10,12,14-15H,4,6,8-9H2,1-2H3. The molecule has 0 fully saturated rings. The number of likely N-dealkylation sites (N-methyl/N-ethyl adjacent to an activating group) is 1. The van der Waals surface area contributed by atoms with E-state index in [1.807, 2.05) is 25.2 Å². The van der Waals surface area contributed by atoms with E-state index < -0.39 is 0 Å². The highest BCUT2D eigenvalue weighted by molar-refractivity contribution is 5.27. The van der Waals surface area contributed by atoms with Crippen LogP contribution in [0, 0.1) is 0 Å². The van der Waals surface area contributed by atoms with Gasteiger partial charge in [-0.25, -0.2) is 0 Å². The lowest BCUT2D eigenvalue weighted by molar-refractivity contribution is 0.189. The van der Waals surface area contributed by atoms with E-state index in [0.717, 1.165) is 31.4 Å². The first kappa shape index (κ1) is 13.0. The molecule has 0 bridgehead atoms. The summed E-state index contributed by atoms with van der Waals surface area (Å²) in [7, 11) is 3.70. The molecule has 1 aromatic carbocycles. The van der Waals surface area contributed by atoms with Crippen LogP contribution in [-0.2, 0) is 11.2 Å². The van der Waals surface area contributed by atoms with Gasteiger partial charge in [0.05, 0.1) is 0 Å². The van der Waals surface area contributed by atoms with Gasteiger partial charge in [-0.2, -0.15) is 0 Å². The topological polar surface area (TPSA) is 41.5 Å². The molecule has 0 saturated carbocycles. The van der Waals surface area contributed by atoms with Crippen molar-refractivity contribution in [3.63, 3.8) is 0 Å². The van der Waals surface area contributed by atoms with E-state index in [0.29, 0.717) is 11.8 Å². The van der Waals surface area contributed by atoms with Crippen LogP contribution in [0.1, 0.15) is 18.4 Å². The van der Waals surface area contributed by atoms with Crippen LogP contribution in [0.3, 0.4) is 0 Å². The Morgan fingerprint density at radius 1 is 1.44 bits per heavy atom. The summed E-state index contributed by atoms with van der Waals surface area (Å²) in [5.74, 6) is 0.337. The summed E-state index contributed by atoms with van der Waals surface area (Å²) in [5.41, 5.74) is 1.16. The fourth-order valence-corrected chi connectivity index (χ4v) is 1.79. The van der Waals surface area contributed by atoms with Gasteiger partial charge in [0, 0.05) is 19.8 Å². The van der Waals surface area contributed by atoms with E-state index in [1.165, 1.54) is 0 Å². The van der Waals surface area contributed by atoms with Gasteiger partial charge >= 0.3 is 0 Å². The number of rotatable bonds is 7. The second-order valence-electron chi connectivity index (χ2n) is 3.99. The molecule has 3 heteroatoms. The van der Waals surface area contributed by atoms with Crippen LogP contribution in [0.2, 0.25) is 0 Å². The summed E-state index contributed by atoms with van der Waals surface area (Å²) in [6.07, 6.45) is 3.08. The van der Waals surface area contributed by atoms with Gasteiger partial charge in [0.2, 0.25) is 0 Å². The number of hydrogen-bond acceptors (Lipinski definition) is 3. The monoisotopic (exact) mass is 223 g/mol. The zero-order chi connectivity index (χ0) is 11.8. The van der Waals surface area contributed by atoms with Gasteiger partial charge < -0.3 is 15.2 Å². The molecular formula is C13H21NO2. The third-order valence-electron chi connectivity index (χ3n) is 2.70. The summed E-state index contributed by atoms with van der Waals surface area (Å²) in [4.78, 5) is 0. The van der Waals surface area contributed by atoms with Crippen molar-refractivity contribution in [2.24, 2.45) is 0 Å². The lowest BCUT2D eigenvalue weighted by atomic mass is 10.0. The van der Waals surface area contributed by atoms with Crippen LogP contribution in [-0.4, -0.2) is 31.9 Å². The van der Waals surface area contributed by atoms with E-state index in [-0.39, 0.29) is 0 Å². The molecule has 0 aliphatic carbocycles. The predicted molar refractivity (Wildman–Crippen MR) is 65.8 cm³/mol. The summed E-state index contributed by atoms with van der Waals surface area (Å²) in [6.45, 7) is 0.804. The molecular weight excluding hydrogens is 202 g/mol. The van der Waals surface area contributed by atoms with Gasteiger partial charge in [-0.05, 0) is 44.0 Å². The van der Waals surface area contributed by atoms with Crippen LogP contribution in [0.25, 0.3) is 0 Å². The second kappa shape index (κ2) is 7.25. The maximum atomic E-state index is 9.37. The summed E-state index contributed by atoms with van der Waals surface area (Å²) in [6, 6.07) is 7.88. The molecule has 0 saturated heterocycles. The molecule has 0 aromatic heterocycles. The zero-order valence-electron chi connectivity index (χ0n) is 10.1. The highest BCUT2D eigenvalue weighted by atomic mass is 16.5. The molecule has 1 atom stereocenters. The van der Waals surface area contributed by atoms with Gasteiger partial charge in [0.25, 0.3) is 0 Å². The van der Waals surface area contributed by atoms with Crippen molar-refractivity contribution < 1.29 is 9.84 Å². The minimum Gasteiger partial charge on any atom is -0.508 e. The molecule has 0 aliphatic rings. The Morgan fingerprint density at radius 3 is 2.88 bits per heavy atom. The first-order chi connectivity index (χ1) is 7.76. The number of phenolic OH excluding ortho intramolecular Hbond substituents is 1. The number of hydrogen-bond donors (Lipinski definition) is 2.